The highest BCUT2D eigenvalue weighted by atomic mass is 32.2. The van der Waals surface area contributed by atoms with Crippen LogP contribution >= 0.6 is 11.8 Å². The van der Waals surface area contributed by atoms with Crippen LogP contribution in [0, 0.1) is 5.92 Å². The van der Waals surface area contributed by atoms with E-state index in [1.54, 1.807) is 19.0 Å². The van der Waals surface area contributed by atoms with Gasteiger partial charge < -0.3 is 10.0 Å². The van der Waals surface area contributed by atoms with E-state index in [0.29, 0.717) is 5.92 Å². The van der Waals surface area contributed by atoms with E-state index in [1.165, 1.54) is 17.3 Å². The molecule has 21 heavy (non-hydrogen) atoms. The number of likely N-dealkylation sites (tertiary alicyclic amines) is 1. The molecule has 0 aliphatic carbocycles. The number of carbonyl (C=O) groups is 1. The minimum absolute atomic E-state index is 0.0379. The van der Waals surface area contributed by atoms with Crippen LogP contribution in [0.2, 0.25) is 0 Å². The fourth-order valence-corrected chi connectivity index (χ4v) is 3.03. The molecule has 2 rings (SSSR count). The van der Waals surface area contributed by atoms with Crippen LogP contribution in [0.4, 0.5) is 4.79 Å². The highest BCUT2D eigenvalue weighted by molar-refractivity contribution is 8.13. The second-order valence-electron chi connectivity index (χ2n) is 5.97. The van der Waals surface area contributed by atoms with Crippen molar-refractivity contribution in [1.82, 2.24) is 9.80 Å². The van der Waals surface area contributed by atoms with Gasteiger partial charge in [-0.15, -0.1) is 0 Å². The minimum atomic E-state index is -0.216. The summed E-state index contributed by atoms with van der Waals surface area (Å²) in [6.45, 7) is 4.75. The summed E-state index contributed by atoms with van der Waals surface area (Å²) >= 11 is 1.24. The van der Waals surface area contributed by atoms with Crippen molar-refractivity contribution in [1.29, 1.82) is 0 Å². The van der Waals surface area contributed by atoms with Crippen molar-refractivity contribution in [3.8, 4) is 0 Å². The van der Waals surface area contributed by atoms with Crippen molar-refractivity contribution < 1.29 is 9.90 Å². The van der Waals surface area contributed by atoms with Gasteiger partial charge in [-0.05, 0) is 48.3 Å². The fraction of sp³-hybridized carbons (Fsp3) is 0.562. The topological polar surface area (TPSA) is 43.8 Å². The van der Waals surface area contributed by atoms with Crippen molar-refractivity contribution in [2.75, 3.05) is 27.2 Å². The van der Waals surface area contributed by atoms with Crippen LogP contribution in [0.5, 0.6) is 0 Å². The number of rotatable bonds is 3. The molecule has 1 aromatic rings. The molecule has 0 radical (unpaired) electrons. The molecule has 0 aromatic heterocycles. The van der Waals surface area contributed by atoms with Gasteiger partial charge in [0, 0.05) is 32.1 Å². The lowest BCUT2D eigenvalue weighted by Gasteiger charge is -2.34. The lowest BCUT2D eigenvalue weighted by molar-refractivity contribution is 0.0259. The third-order valence-electron chi connectivity index (χ3n) is 3.90. The first-order valence-corrected chi connectivity index (χ1v) is 8.16. The smallest absolute Gasteiger partial charge is 0.285 e. The third kappa shape index (κ3) is 4.73. The number of hydrogen-bond acceptors (Lipinski definition) is 4. The molecule has 1 aliphatic rings. The number of aliphatic hydroxyl groups is 1. The van der Waals surface area contributed by atoms with Gasteiger partial charge in [0.1, 0.15) is 0 Å². The summed E-state index contributed by atoms with van der Waals surface area (Å²) in [7, 11) is 3.51. The first-order chi connectivity index (χ1) is 9.95. The average molecular weight is 308 g/mol. The predicted octanol–water partition coefficient (Wildman–Crippen LogP) is 2.66. The summed E-state index contributed by atoms with van der Waals surface area (Å²) in [4.78, 5) is 16.5. The Morgan fingerprint density at radius 1 is 1.38 bits per heavy atom. The SMILES string of the molecule is CC1CCN(Cc2ccc(SC(=O)N(C)C)cc2)CC1O. The molecule has 1 heterocycles. The monoisotopic (exact) mass is 308 g/mol. The van der Waals surface area contributed by atoms with Gasteiger partial charge in [0.05, 0.1) is 6.10 Å². The van der Waals surface area contributed by atoms with Crippen LogP contribution in [0.1, 0.15) is 18.9 Å². The van der Waals surface area contributed by atoms with Crippen LogP contribution in [0.3, 0.4) is 0 Å². The summed E-state index contributed by atoms with van der Waals surface area (Å²) < 4.78 is 0. The number of nitrogens with zero attached hydrogens (tertiary/aromatic N) is 2. The molecule has 116 valence electrons. The molecule has 1 amide bonds. The van der Waals surface area contributed by atoms with Crippen molar-refractivity contribution in [3.63, 3.8) is 0 Å². The van der Waals surface area contributed by atoms with Crippen LogP contribution in [0.15, 0.2) is 29.2 Å². The molecule has 5 heteroatoms. The molecule has 4 nitrogen and oxygen atoms in total. The molecule has 1 aromatic carbocycles. The van der Waals surface area contributed by atoms with Crippen LogP contribution in [-0.4, -0.2) is 53.4 Å². The number of amides is 1. The highest BCUT2D eigenvalue weighted by Crippen LogP contribution is 2.23. The quantitative estimate of drug-likeness (QED) is 0.872. The van der Waals surface area contributed by atoms with Gasteiger partial charge in [0.2, 0.25) is 0 Å². The van der Waals surface area contributed by atoms with Crippen molar-refractivity contribution in [2.24, 2.45) is 5.92 Å². The molecular formula is C16H24N2O2S. The Hall–Kier alpha value is -1.04. The second kappa shape index (κ2) is 7.29. The number of β-amino-alcohol motifs (C(OH)–C–C–N with tert-alkyl or cyclic N) is 1. The number of carbonyl (C=O) groups excluding carboxylic acids is 1. The Labute approximate surface area is 131 Å². The summed E-state index contributed by atoms with van der Waals surface area (Å²) in [5.74, 6) is 0.400. The predicted molar refractivity (Wildman–Crippen MR) is 86.4 cm³/mol. The molecule has 1 fully saturated rings. The summed E-state index contributed by atoms with van der Waals surface area (Å²) in [5.41, 5.74) is 1.22. The third-order valence-corrected chi connectivity index (χ3v) is 4.95. The van der Waals surface area contributed by atoms with E-state index < -0.39 is 0 Å². The summed E-state index contributed by atoms with van der Waals surface area (Å²) in [5, 5.41) is 9.97. The van der Waals surface area contributed by atoms with Crippen LogP contribution < -0.4 is 0 Å². The second-order valence-corrected chi connectivity index (χ2v) is 7.00. The van der Waals surface area contributed by atoms with E-state index in [-0.39, 0.29) is 11.3 Å². The summed E-state index contributed by atoms with van der Waals surface area (Å²) in [6.07, 6.45) is 0.832. The lowest BCUT2D eigenvalue weighted by atomic mass is 9.96. The average Bonchev–Trinajstić information content (AvgIpc) is 2.45. The number of thioether (sulfide) groups is 1. The molecule has 2 atom stereocenters. The van der Waals surface area contributed by atoms with Gasteiger partial charge in [-0.3, -0.25) is 9.69 Å². The van der Waals surface area contributed by atoms with Gasteiger partial charge in [-0.2, -0.15) is 0 Å². The van der Waals surface area contributed by atoms with E-state index in [4.69, 9.17) is 0 Å². The zero-order chi connectivity index (χ0) is 15.4. The normalized spacial score (nSPS) is 23.0. The van der Waals surface area contributed by atoms with Crippen molar-refractivity contribution in [2.45, 2.75) is 30.9 Å². The molecule has 0 spiro atoms. The lowest BCUT2D eigenvalue weighted by Crippen LogP contribution is -2.42. The van der Waals surface area contributed by atoms with Crippen LogP contribution in [-0.2, 0) is 6.54 Å². The Morgan fingerprint density at radius 2 is 2.05 bits per heavy atom. The zero-order valence-corrected chi connectivity index (χ0v) is 13.8. The zero-order valence-electron chi connectivity index (χ0n) is 13.0. The van der Waals surface area contributed by atoms with E-state index >= 15 is 0 Å². The van der Waals surface area contributed by atoms with Gasteiger partial charge in [0.25, 0.3) is 5.24 Å². The van der Waals surface area contributed by atoms with Crippen molar-refractivity contribution in [3.05, 3.63) is 29.8 Å². The maximum atomic E-state index is 11.6. The first kappa shape index (κ1) is 16.3. The number of aliphatic hydroxyl groups excluding tert-OH is 1. The fourth-order valence-electron chi connectivity index (χ4n) is 2.37. The van der Waals surface area contributed by atoms with Gasteiger partial charge >= 0.3 is 0 Å². The van der Waals surface area contributed by atoms with Gasteiger partial charge in [-0.25, -0.2) is 0 Å². The standard InChI is InChI=1S/C16H24N2O2S/c1-12-8-9-18(11-15(12)19)10-13-4-6-14(7-5-13)21-16(20)17(2)3/h4-7,12,15,19H,8-11H2,1-3H3. The largest absolute Gasteiger partial charge is 0.392 e. The minimum Gasteiger partial charge on any atom is -0.392 e. The Bertz CT molecular complexity index is 476. The van der Waals surface area contributed by atoms with Gasteiger partial charge in [-0.1, -0.05) is 19.1 Å². The maximum absolute atomic E-state index is 11.6. The molecular weight excluding hydrogens is 284 g/mol. The maximum Gasteiger partial charge on any atom is 0.285 e. The molecule has 0 saturated carbocycles. The first-order valence-electron chi connectivity index (χ1n) is 7.34. The van der Waals surface area contributed by atoms with E-state index in [1.807, 2.05) is 12.1 Å². The highest BCUT2D eigenvalue weighted by Gasteiger charge is 2.23. The molecule has 1 aliphatic heterocycles. The molecule has 1 N–H and O–H groups in total. The van der Waals surface area contributed by atoms with E-state index in [0.717, 1.165) is 31.0 Å². The van der Waals surface area contributed by atoms with Gasteiger partial charge in [0.15, 0.2) is 0 Å². The Balaban J connectivity index is 1.89. The van der Waals surface area contributed by atoms with Crippen LogP contribution in [0.25, 0.3) is 0 Å². The van der Waals surface area contributed by atoms with Crippen molar-refractivity contribution >= 4 is 17.0 Å². The summed E-state index contributed by atoms with van der Waals surface area (Å²) in [6, 6.07) is 8.11. The molecule has 1 saturated heterocycles. The Kier molecular flexibility index (Phi) is 5.67. The van der Waals surface area contributed by atoms with E-state index in [9.17, 15) is 9.90 Å². The number of benzene rings is 1. The van der Waals surface area contributed by atoms with E-state index in [2.05, 4.69) is 24.0 Å². The Morgan fingerprint density at radius 3 is 2.62 bits per heavy atom. The number of hydrogen-bond donors (Lipinski definition) is 1. The number of piperidine rings is 1. The molecule has 2 unspecified atom stereocenters. The molecule has 0 bridgehead atoms.